The van der Waals surface area contributed by atoms with E-state index in [0.29, 0.717) is 6.42 Å². The van der Waals surface area contributed by atoms with Crippen LogP contribution in [0.2, 0.25) is 0 Å². The quantitative estimate of drug-likeness (QED) is 0.189. The predicted molar refractivity (Wildman–Crippen MR) is 147 cm³/mol. The van der Waals surface area contributed by atoms with Crippen LogP contribution in [0.15, 0.2) is 102 Å². The summed E-state index contributed by atoms with van der Waals surface area (Å²) in [5.74, 6) is -15.4. The summed E-state index contributed by atoms with van der Waals surface area (Å²) in [6, 6.07) is 19.8. The molecule has 0 aliphatic heterocycles. The molecule has 0 unspecified atom stereocenters. The van der Waals surface area contributed by atoms with Gasteiger partial charge in [0.15, 0.2) is 0 Å². The van der Waals surface area contributed by atoms with Crippen molar-refractivity contribution in [3.63, 3.8) is 0 Å². The Morgan fingerprint density at radius 1 is 0.512 bits per heavy atom. The van der Waals surface area contributed by atoms with Gasteiger partial charge in [-0.05, 0) is 48.5 Å². The highest BCUT2D eigenvalue weighted by atomic mass is 31.2. The summed E-state index contributed by atoms with van der Waals surface area (Å²) in [5, 5.41) is -2.32. The van der Waals surface area contributed by atoms with Gasteiger partial charge in [0.1, 0.15) is 0 Å². The van der Waals surface area contributed by atoms with Gasteiger partial charge in [0.25, 0.3) is 0 Å². The summed E-state index contributed by atoms with van der Waals surface area (Å²) in [6.07, 6.45) is -13.3. The molecule has 0 N–H and O–H groups in total. The minimum atomic E-state index is -6.59. The zero-order valence-electron chi connectivity index (χ0n) is 22.3. The molecule has 4 rings (SSSR count). The molecule has 0 saturated heterocycles. The molecule has 43 heavy (non-hydrogen) atoms. The third-order valence-corrected chi connectivity index (χ3v) is 11.7. The van der Waals surface area contributed by atoms with Gasteiger partial charge in [-0.25, -0.2) is 0 Å². The maximum Gasteiger partial charge on any atom is 0.461 e. The molecule has 12 heteroatoms. The number of rotatable bonds is 7. The molecule has 1 aliphatic carbocycles. The Morgan fingerprint density at radius 3 is 1.19 bits per heavy atom. The molecule has 1 fully saturated rings. The standard InChI is InChI=1S/C31H25F10OP/c32-28(33,30(36,37)38)25(21-13-5-1-6-14-21)26(27(42)29(34,35)31(39,40)41)43(22-15-7-2-8-16-22,23-17-9-3-10-18-23)24-19-11-4-12-20-24/h2-4,7-12,15-20H,1,5-6,13-14H2. The molecule has 0 aromatic heterocycles. The van der Waals surface area contributed by atoms with E-state index in [1.165, 1.54) is 91.0 Å². The average molecular weight is 634 g/mol. The maximum atomic E-state index is 15.9. The number of alkyl halides is 10. The first-order valence-corrected chi connectivity index (χ1v) is 15.0. The van der Waals surface area contributed by atoms with Crippen LogP contribution in [-0.2, 0) is 4.79 Å². The molecule has 0 radical (unpaired) electrons. The molecule has 0 heterocycles. The minimum Gasteiger partial charge on any atom is -0.287 e. The fraction of sp³-hybridized carbons (Fsp3) is 0.290. The molecule has 0 atom stereocenters. The van der Waals surface area contributed by atoms with Crippen LogP contribution in [-0.4, -0.2) is 35.3 Å². The second-order valence-electron chi connectivity index (χ2n) is 10.0. The number of allylic oxidation sites excluding steroid dienone is 2. The fourth-order valence-corrected chi connectivity index (χ4v) is 10.0. The summed E-state index contributed by atoms with van der Waals surface area (Å²) in [4.78, 5) is 13.8. The molecule has 3 aromatic rings. The van der Waals surface area contributed by atoms with Crippen molar-refractivity contribution in [3.8, 4) is 0 Å². The topological polar surface area (TPSA) is 17.1 Å². The Hall–Kier alpha value is -3.33. The second-order valence-corrected chi connectivity index (χ2v) is 13.4. The van der Waals surface area contributed by atoms with Gasteiger partial charge < -0.3 is 0 Å². The Morgan fingerprint density at radius 2 is 0.860 bits per heavy atom. The highest BCUT2D eigenvalue weighted by molar-refractivity contribution is 7.96. The van der Waals surface area contributed by atoms with Crippen molar-refractivity contribution in [3.05, 3.63) is 102 Å². The normalized spacial score (nSPS) is 15.3. The van der Waals surface area contributed by atoms with E-state index in [9.17, 15) is 31.1 Å². The number of hydrogen-bond acceptors (Lipinski definition) is 1. The number of ketones is 1. The van der Waals surface area contributed by atoms with Gasteiger partial charge in [0.05, 0.1) is 0 Å². The van der Waals surface area contributed by atoms with Crippen LogP contribution >= 0.6 is 6.89 Å². The molecular weight excluding hydrogens is 609 g/mol. The van der Waals surface area contributed by atoms with Crippen molar-refractivity contribution in [1.82, 2.24) is 0 Å². The van der Waals surface area contributed by atoms with Crippen LogP contribution in [0.5, 0.6) is 0 Å². The summed E-state index contributed by atoms with van der Waals surface area (Å²) in [5.41, 5.74) is -2.76. The Labute approximate surface area is 241 Å². The molecular formula is C31H25F10OP. The van der Waals surface area contributed by atoms with Gasteiger partial charge in [-0.2, -0.15) is 43.9 Å². The van der Waals surface area contributed by atoms with E-state index in [-0.39, 0.29) is 28.8 Å². The highest BCUT2D eigenvalue weighted by Crippen LogP contribution is 2.55. The molecule has 230 valence electrons. The van der Waals surface area contributed by atoms with Crippen molar-refractivity contribution >= 4 is 33.9 Å². The summed E-state index contributed by atoms with van der Waals surface area (Å²) >= 11 is 0. The fourth-order valence-electron chi connectivity index (χ4n) is 5.41. The Bertz CT molecular complexity index is 1410. The van der Waals surface area contributed by atoms with Gasteiger partial charge in [-0.1, -0.05) is 103 Å². The Balaban J connectivity index is 2.46. The molecule has 3 aromatic carbocycles. The molecule has 1 nitrogen and oxygen atoms in total. The van der Waals surface area contributed by atoms with Gasteiger partial charge in [0.2, 0.25) is 5.78 Å². The lowest BCUT2D eigenvalue weighted by atomic mass is 9.85. The number of hydrogen-bond donors (Lipinski definition) is 0. The number of benzene rings is 3. The lowest BCUT2D eigenvalue weighted by Gasteiger charge is -2.38. The van der Waals surface area contributed by atoms with E-state index >= 15 is 17.6 Å². The average Bonchev–Trinajstić information content (AvgIpc) is 2.97. The van der Waals surface area contributed by atoms with Gasteiger partial charge >= 0.3 is 24.2 Å². The van der Waals surface area contributed by atoms with Crippen LogP contribution in [0.1, 0.15) is 32.1 Å². The molecule has 1 aliphatic rings. The largest absolute Gasteiger partial charge is 0.461 e. The van der Waals surface area contributed by atoms with Crippen LogP contribution in [0.25, 0.3) is 0 Å². The summed E-state index contributed by atoms with van der Waals surface area (Å²) < 4.78 is 147. The van der Waals surface area contributed by atoms with Crippen LogP contribution < -0.4 is 15.9 Å². The minimum absolute atomic E-state index is 0.0807. The van der Waals surface area contributed by atoms with Crippen molar-refractivity contribution in [2.45, 2.75) is 56.3 Å². The lowest BCUT2D eigenvalue weighted by molar-refractivity contribution is -0.266. The highest BCUT2D eigenvalue weighted by Gasteiger charge is 2.69. The van der Waals surface area contributed by atoms with Crippen molar-refractivity contribution in [1.29, 1.82) is 0 Å². The maximum absolute atomic E-state index is 15.9. The van der Waals surface area contributed by atoms with Gasteiger partial charge in [-0.3, -0.25) is 4.79 Å². The second kappa shape index (κ2) is 12.0. The molecule has 1 saturated carbocycles. The smallest absolute Gasteiger partial charge is 0.287 e. The molecule has 0 bridgehead atoms. The monoisotopic (exact) mass is 634 g/mol. The molecule has 0 amide bonds. The number of Topliss-reactive ketones (excluding diaryl/α,β-unsaturated/α-hetero) is 1. The zero-order chi connectivity index (χ0) is 31.7. The first-order chi connectivity index (χ1) is 20.1. The van der Waals surface area contributed by atoms with Crippen molar-refractivity contribution < 1.29 is 48.7 Å². The Kier molecular flexibility index (Phi) is 9.08. The van der Waals surface area contributed by atoms with Crippen LogP contribution in [0.3, 0.4) is 0 Å². The predicted octanol–water partition coefficient (Wildman–Crippen LogP) is 8.38. The number of carbonyl (C=O) groups excluding carboxylic acids is 1. The van der Waals surface area contributed by atoms with E-state index in [0.717, 1.165) is 0 Å². The van der Waals surface area contributed by atoms with Gasteiger partial charge in [0, 0.05) is 10.9 Å². The third kappa shape index (κ3) is 5.80. The third-order valence-electron chi connectivity index (χ3n) is 7.34. The SMILES string of the molecule is O=C(C(C(=C1CCCCC1)C(F)(F)C(F)(F)F)=P(c1ccccc1)(c1ccccc1)c1ccccc1)C(F)(F)C(F)(F)F. The first kappa shape index (κ1) is 32.6. The van der Waals surface area contributed by atoms with E-state index < -0.39 is 66.1 Å². The van der Waals surface area contributed by atoms with Crippen LogP contribution in [0.4, 0.5) is 43.9 Å². The molecule has 0 spiro atoms. The van der Waals surface area contributed by atoms with E-state index in [2.05, 4.69) is 0 Å². The van der Waals surface area contributed by atoms with E-state index in [1.807, 2.05) is 0 Å². The number of halogens is 10. The van der Waals surface area contributed by atoms with Gasteiger partial charge in [-0.15, -0.1) is 0 Å². The van der Waals surface area contributed by atoms with Crippen molar-refractivity contribution in [2.75, 3.05) is 0 Å². The zero-order valence-corrected chi connectivity index (χ0v) is 23.2. The van der Waals surface area contributed by atoms with E-state index in [1.54, 1.807) is 0 Å². The first-order valence-electron chi connectivity index (χ1n) is 13.2. The van der Waals surface area contributed by atoms with E-state index in [4.69, 9.17) is 0 Å². The summed E-state index contributed by atoms with van der Waals surface area (Å²) in [6.45, 7) is -4.63. The lowest BCUT2D eigenvalue weighted by Crippen LogP contribution is -2.53. The summed E-state index contributed by atoms with van der Waals surface area (Å²) in [7, 11) is 0. The number of carbonyl (C=O) groups is 1. The van der Waals surface area contributed by atoms with Crippen LogP contribution in [0, 0.1) is 0 Å². The van der Waals surface area contributed by atoms with Crippen molar-refractivity contribution in [2.24, 2.45) is 0 Å².